The summed E-state index contributed by atoms with van der Waals surface area (Å²) in [6.45, 7) is 4.16. The first kappa shape index (κ1) is 19.2. The maximum absolute atomic E-state index is 13.6. The molecule has 142 valence electrons. The predicted octanol–water partition coefficient (Wildman–Crippen LogP) is 3.23. The van der Waals surface area contributed by atoms with Crippen LogP contribution in [0, 0.1) is 11.6 Å². The number of benzene rings is 2. The minimum atomic E-state index is -0.765. The van der Waals surface area contributed by atoms with Crippen LogP contribution in [0.3, 0.4) is 0 Å². The van der Waals surface area contributed by atoms with Gasteiger partial charge in [0.05, 0.1) is 6.54 Å². The van der Waals surface area contributed by atoms with Crippen LogP contribution in [0.1, 0.15) is 5.56 Å². The van der Waals surface area contributed by atoms with Gasteiger partial charge in [0, 0.05) is 32.7 Å². The molecule has 0 saturated carbocycles. The van der Waals surface area contributed by atoms with Gasteiger partial charge >= 0.3 is 0 Å². The number of halogens is 2. The monoisotopic (exact) mass is 371 g/mol. The van der Waals surface area contributed by atoms with E-state index in [1.807, 2.05) is 23.1 Å². The lowest BCUT2D eigenvalue weighted by Crippen LogP contribution is -2.48. The number of hydrogen-bond acceptors (Lipinski definition) is 3. The summed E-state index contributed by atoms with van der Waals surface area (Å²) < 4.78 is 27.2. The summed E-state index contributed by atoms with van der Waals surface area (Å²) in [6.07, 6.45) is 4.24. The zero-order valence-electron chi connectivity index (χ0n) is 15.1. The molecule has 0 spiro atoms. The van der Waals surface area contributed by atoms with Crippen molar-refractivity contribution < 1.29 is 13.6 Å². The highest BCUT2D eigenvalue weighted by atomic mass is 19.1. The fourth-order valence-electron chi connectivity index (χ4n) is 3.03. The summed E-state index contributed by atoms with van der Waals surface area (Å²) in [6, 6.07) is 13.7. The van der Waals surface area contributed by atoms with Gasteiger partial charge in [-0.05, 0) is 17.7 Å². The van der Waals surface area contributed by atoms with Crippen LogP contribution in [-0.2, 0) is 4.79 Å². The minimum absolute atomic E-state index is 0.126. The Balaban J connectivity index is 1.41. The quantitative estimate of drug-likeness (QED) is 0.847. The third-order valence-electron chi connectivity index (χ3n) is 4.53. The van der Waals surface area contributed by atoms with Crippen molar-refractivity contribution in [3.05, 3.63) is 71.8 Å². The molecular weight excluding hydrogens is 348 g/mol. The average Bonchev–Trinajstić information content (AvgIpc) is 2.67. The number of nitrogens with one attached hydrogen (secondary N) is 1. The van der Waals surface area contributed by atoms with Crippen LogP contribution < -0.4 is 5.32 Å². The molecule has 0 aliphatic carbocycles. The molecule has 0 bridgehead atoms. The van der Waals surface area contributed by atoms with Gasteiger partial charge < -0.3 is 5.32 Å². The lowest BCUT2D eigenvalue weighted by molar-refractivity contribution is -0.117. The SMILES string of the molecule is O=C(CN1CCN(C/C=C/c2ccccc2)CC1)Nc1c(F)cccc1F. The highest BCUT2D eigenvalue weighted by Crippen LogP contribution is 2.18. The second-order valence-corrected chi connectivity index (χ2v) is 6.53. The molecule has 0 unspecified atom stereocenters. The van der Waals surface area contributed by atoms with Crippen molar-refractivity contribution in [3.8, 4) is 0 Å². The highest BCUT2D eigenvalue weighted by molar-refractivity contribution is 5.92. The van der Waals surface area contributed by atoms with E-state index >= 15 is 0 Å². The van der Waals surface area contributed by atoms with Crippen molar-refractivity contribution >= 4 is 17.7 Å². The summed E-state index contributed by atoms with van der Waals surface area (Å²) in [5.74, 6) is -1.94. The zero-order chi connectivity index (χ0) is 19.1. The van der Waals surface area contributed by atoms with Crippen molar-refractivity contribution in [1.82, 2.24) is 9.80 Å². The second kappa shape index (κ2) is 9.39. The van der Waals surface area contributed by atoms with Crippen molar-refractivity contribution in [1.29, 1.82) is 0 Å². The van der Waals surface area contributed by atoms with Gasteiger partial charge in [-0.1, -0.05) is 48.6 Å². The maximum atomic E-state index is 13.6. The predicted molar refractivity (Wildman–Crippen MR) is 103 cm³/mol. The molecule has 1 amide bonds. The van der Waals surface area contributed by atoms with Crippen molar-refractivity contribution in [2.75, 3.05) is 44.6 Å². The molecule has 6 heteroatoms. The zero-order valence-corrected chi connectivity index (χ0v) is 15.1. The molecule has 0 radical (unpaired) electrons. The fraction of sp³-hybridized carbons (Fsp3) is 0.286. The molecule has 1 aliphatic heterocycles. The van der Waals surface area contributed by atoms with E-state index in [1.54, 1.807) is 0 Å². The van der Waals surface area contributed by atoms with Crippen LogP contribution in [0.4, 0.5) is 14.5 Å². The largest absolute Gasteiger partial charge is 0.320 e. The Hall–Kier alpha value is -2.57. The van der Waals surface area contributed by atoms with E-state index in [0.29, 0.717) is 0 Å². The van der Waals surface area contributed by atoms with Gasteiger partial charge in [-0.15, -0.1) is 0 Å². The van der Waals surface area contributed by atoms with Crippen LogP contribution in [0.2, 0.25) is 0 Å². The Kier molecular flexibility index (Phi) is 6.68. The molecule has 3 rings (SSSR count). The molecule has 1 fully saturated rings. The lowest BCUT2D eigenvalue weighted by atomic mass is 10.2. The van der Waals surface area contributed by atoms with Crippen LogP contribution in [0.15, 0.2) is 54.6 Å². The summed E-state index contributed by atoms with van der Waals surface area (Å²) in [5.41, 5.74) is 0.792. The van der Waals surface area contributed by atoms with E-state index in [2.05, 4.69) is 34.5 Å². The van der Waals surface area contributed by atoms with Crippen molar-refractivity contribution in [3.63, 3.8) is 0 Å². The number of anilines is 1. The number of amides is 1. The molecule has 1 saturated heterocycles. The minimum Gasteiger partial charge on any atom is -0.320 e. The molecule has 1 N–H and O–H groups in total. The highest BCUT2D eigenvalue weighted by Gasteiger charge is 2.19. The number of rotatable bonds is 6. The van der Waals surface area contributed by atoms with Crippen LogP contribution in [0.5, 0.6) is 0 Å². The van der Waals surface area contributed by atoms with Gasteiger partial charge in [0.15, 0.2) is 0 Å². The van der Waals surface area contributed by atoms with E-state index < -0.39 is 17.5 Å². The summed E-state index contributed by atoms with van der Waals surface area (Å²) in [7, 11) is 0. The second-order valence-electron chi connectivity index (χ2n) is 6.53. The molecule has 27 heavy (non-hydrogen) atoms. The third kappa shape index (κ3) is 5.70. The van der Waals surface area contributed by atoms with Gasteiger partial charge in [-0.2, -0.15) is 0 Å². The lowest BCUT2D eigenvalue weighted by Gasteiger charge is -2.33. The summed E-state index contributed by atoms with van der Waals surface area (Å²) >= 11 is 0. The number of para-hydroxylation sites is 1. The summed E-state index contributed by atoms with van der Waals surface area (Å²) in [5, 5.41) is 2.33. The normalized spacial score (nSPS) is 15.9. The Morgan fingerprint density at radius 3 is 2.22 bits per heavy atom. The van der Waals surface area contributed by atoms with Crippen LogP contribution in [-0.4, -0.2) is 55.0 Å². The molecule has 0 aromatic heterocycles. The Labute approximate surface area is 158 Å². The molecular formula is C21H23F2N3O. The molecule has 2 aromatic carbocycles. The van der Waals surface area contributed by atoms with E-state index in [-0.39, 0.29) is 12.2 Å². The molecule has 1 aliphatic rings. The van der Waals surface area contributed by atoms with E-state index in [1.165, 1.54) is 11.6 Å². The average molecular weight is 371 g/mol. The topological polar surface area (TPSA) is 35.6 Å². The van der Waals surface area contributed by atoms with E-state index in [0.717, 1.165) is 44.9 Å². The number of nitrogens with zero attached hydrogens (tertiary/aromatic N) is 2. The first-order valence-electron chi connectivity index (χ1n) is 9.02. The number of carbonyl (C=O) groups excluding carboxylic acids is 1. The third-order valence-corrected chi connectivity index (χ3v) is 4.53. The standard InChI is InChI=1S/C21H23F2N3O/c22-18-9-4-10-19(23)21(18)24-20(27)16-26-14-12-25(13-15-26)11-5-8-17-6-2-1-3-7-17/h1-10H,11-16H2,(H,24,27)/b8-5+. The van der Waals surface area contributed by atoms with Gasteiger partial charge in [0.1, 0.15) is 17.3 Å². The molecule has 4 nitrogen and oxygen atoms in total. The van der Waals surface area contributed by atoms with Crippen molar-refractivity contribution in [2.45, 2.75) is 0 Å². The van der Waals surface area contributed by atoms with Gasteiger partial charge in [-0.25, -0.2) is 8.78 Å². The van der Waals surface area contributed by atoms with E-state index in [9.17, 15) is 13.6 Å². The molecule has 0 atom stereocenters. The van der Waals surface area contributed by atoms with Crippen molar-refractivity contribution in [2.24, 2.45) is 0 Å². The first-order valence-corrected chi connectivity index (χ1v) is 9.02. The summed E-state index contributed by atoms with van der Waals surface area (Å²) in [4.78, 5) is 16.4. The Morgan fingerprint density at radius 1 is 0.926 bits per heavy atom. The first-order chi connectivity index (χ1) is 13.1. The Bertz CT molecular complexity index is 767. The Morgan fingerprint density at radius 2 is 1.56 bits per heavy atom. The van der Waals surface area contributed by atoms with Gasteiger partial charge in [0.2, 0.25) is 5.91 Å². The fourth-order valence-corrected chi connectivity index (χ4v) is 3.03. The molecule has 2 aromatic rings. The van der Waals surface area contributed by atoms with Gasteiger partial charge in [0.25, 0.3) is 0 Å². The number of carbonyl (C=O) groups is 1. The van der Waals surface area contributed by atoms with Crippen LogP contribution >= 0.6 is 0 Å². The van der Waals surface area contributed by atoms with Gasteiger partial charge in [-0.3, -0.25) is 14.6 Å². The smallest absolute Gasteiger partial charge is 0.238 e. The maximum Gasteiger partial charge on any atom is 0.238 e. The number of hydrogen-bond donors (Lipinski definition) is 1. The van der Waals surface area contributed by atoms with Crippen LogP contribution in [0.25, 0.3) is 6.08 Å². The number of piperazine rings is 1. The molecule has 1 heterocycles. The van der Waals surface area contributed by atoms with E-state index in [4.69, 9.17) is 0 Å².